The maximum atomic E-state index is 12.4. The monoisotopic (exact) mass is 448 g/mol. The maximum absolute atomic E-state index is 12.4. The van der Waals surface area contributed by atoms with Gasteiger partial charge in [-0.15, -0.1) is 11.3 Å². The van der Waals surface area contributed by atoms with E-state index in [1.165, 1.54) is 10.9 Å². The van der Waals surface area contributed by atoms with Gasteiger partial charge in [-0.1, -0.05) is 41.9 Å². The van der Waals surface area contributed by atoms with Crippen LogP contribution in [0, 0.1) is 0 Å². The molecule has 5 aromatic rings. The van der Waals surface area contributed by atoms with E-state index in [2.05, 4.69) is 32.2 Å². The van der Waals surface area contributed by atoms with Gasteiger partial charge in [-0.05, 0) is 36.6 Å². The number of rotatable bonds is 7. The van der Waals surface area contributed by atoms with E-state index >= 15 is 0 Å². The number of fused-ring (bicyclic) bond motifs is 2. The van der Waals surface area contributed by atoms with Crippen molar-refractivity contribution in [1.82, 2.24) is 19.7 Å². The van der Waals surface area contributed by atoms with Gasteiger partial charge in [0.15, 0.2) is 4.96 Å². The van der Waals surface area contributed by atoms with Crippen LogP contribution in [-0.4, -0.2) is 26.8 Å². The number of aromatic amines is 1. The van der Waals surface area contributed by atoms with Crippen molar-refractivity contribution in [3.05, 3.63) is 82.6 Å². The quantitative estimate of drug-likeness (QED) is 0.346. The van der Waals surface area contributed by atoms with Crippen molar-refractivity contribution >= 4 is 44.7 Å². The van der Waals surface area contributed by atoms with E-state index in [4.69, 9.17) is 16.6 Å². The molecule has 31 heavy (non-hydrogen) atoms. The Labute approximate surface area is 188 Å². The second-order valence-electron chi connectivity index (χ2n) is 7.47. The fourth-order valence-electron chi connectivity index (χ4n) is 3.77. The topological polar surface area (TPSA) is 62.2 Å². The normalized spacial score (nSPS) is 11.4. The molecule has 0 atom stereocenters. The van der Waals surface area contributed by atoms with Crippen molar-refractivity contribution in [2.75, 3.05) is 6.54 Å². The Balaban J connectivity index is 1.17. The van der Waals surface area contributed by atoms with E-state index in [0.717, 1.165) is 33.8 Å². The molecular formula is C24H21ClN4OS. The fraction of sp³-hybridized carbons (Fsp3) is 0.167. The van der Waals surface area contributed by atoms with Crippen molar-refractivity contribution < 1.29 is 4.79 Å². The number of hydrogen-bond acceptors (Lipinski definition) is 3. The van der Waals surface area contributed by atoms with E-state index in [1.807, 2.05) is 48.8 Å². The minimum Gasteiger partial charge on any atom is -0.361 e. The molecule has 0 fully saturated rings. The smallest absolute Gasteiger partial charge is 0.220 e. The second-order valence-corrected chi connectivity index (χ2v) is 8.75. The van der Waals surface area contributed by atoms with Gasteiger partial charge >= 0.3 is 0 Å². The average molecular weight is 449 g/mol. The molecule has 2 aromatic carbocycles. The van der Waals surface area contributed by atoms with E-state index in [-0.39, 0.29) is 5.91 Å². The molecule has 0 bridgehead atoms. The number of H-pyrrole nitrogens is 1. The number of nitrogens with zero attached hydrogens (tertiary/aromatic N) is 2. The third-order valence-corrected chi connectivity index (χ3v) is 6.56. The lowest BCUT2D eigenvalue weighted by Gasteiger charge is -2.05. The number of carbonyl (C=O) groups excluding carboxylic acids is 1. The standard InChI is InChI=1S/C24H21ClN4OS/c25-18-7-5-16(6-8-18)22-14-29-19(15-31-24(29)28-22)9-10-23(30)26-12-11-17-13-27-21-4-2-1-3-20(17)21/h1-8,13-15,27H,9-12H2,(H,26,30). The zero-order valence-corrected chi connectivity index (χ0v) is 18.3. The first-order valence-electron chi connectivity index (χ1n) is 10.2. The molecule has 0 radical (unpaired) electrons. The zero-order chi connectivity index (χ0) is 21.2. The first-order chi connectivity index (χ1) is 15.2. The van der Waals surface area contributed by atoms with Crippen molar-refractivity contribution in [3.63, 3.8) is 0 Å². The maximum Gasteiger partial charge on any atom is 0.220 e. The lowest BCUT2D eigenvalue weighted by molar-refractivity contribution is -0.121. The molecule has 156 valence electrons. The summed E-state index contributed by atoms with van der Waals surface area (Å²) in [4.78, 5) is 21.3. The predicted octanol–water partition coefficient (Wildman–Crippen LogP) is 5.49. The van der Waals surface area contributed by atoms with Crippen LogP contribution in [-0.2, 0) is 17.6 Å². The number of amides is 1. The van der Waals surface area contributed by atoms with Gasteiger partial charge in [-0.25, -0.2) is 4.98 Å². The summed E-state index contributed by atoms with van der Waals surface area (Å²) in [6.45, 7) is 0.630. The number of thiazole rings is 1. The SMILES string of the molecule is O=C(CCc1csc2nc(-c3ccc(Cl)cc3)cn12)NCCc1c[nH]c2ccccc12. The van der Waals surface area contributed by atoms with Crippen LogP contribution in [0.2, 0.25) is 5.02 Å². The summed E-state index contributed by atoms with van der Waals surface area (Å²) in [7, 11) is 0. The number of imidazole rings is 1. The van der Waals surface area contributed by atoms with Crippen LogP contribution in [0.5, 0.6) is 0 Å². The Hall–Kier alpha value is -3.09. The molecule has 2 N–H and O–H groups in total. The minimum atomic E-state index is 0.0669. The van der Waals surface area contributed by atoms with Crippen molar-refractivity contribution in [1.29, 1.82) is 0 Å². The summed E-state index contributed by atoms with van der Waals surface area (Å²) in [5, 5.41) is 7.05. The van der Waals surface area contributed by atoms with Gasteiger partial charge in [0.1, 0.15) is 0 Å². The molecule has 0 aliphatic rings. The molecule has 0 saturated heterocycles. The van der Waals surface area contributed by atoms with Gasteiger partial charge in [0, 0.05) is 57.9 Å². The number of aromatic nitrogens is 3. The largest absolute Gasteiger partial charge is 0.361 e. The van der Waals surface area contributed by atoms with Crippen molar-refractivity contribution in [2.24, 2.45) is 0 Å². The van der Waals surface area contributed by atoms with E-state index in [1.54, 1.807) is 11.3 Å². The summed E-state index contributed by atoms with van der Waals surface area (Å²) in [5.74, 6) is 0.0669. The molecule has 3 heterocycles. The van der Waals surface area contributed by atoms with Crippen LogP contribution >= 0.6 is 22.9 Å². The molecule has 3 aromatic heterocycles. The molecule has 0 aliphatic heterocycles. The van der Waals surface area contributed by atoms with Gasteiger partial charge in [0.2, 0.25) is 5.91 Å². The van der Waals surface area contributed by atoms with Crippen LogP contribution in [0.3, 0.4) is 0 Å². The third-order valence-electron chi connectivity index (χ3n) is 5.42. The van der Waals surface area contributed by atoms with E-state index in [0.29, 0.717) is 24.4 Å². The van der Waals surface area contributed by atoms with Gasteiger partial charge < -0.3 is 10.3 Å². The Morgan fingerprint density at radius 2 is 1.97 bits per heavy atom. The fourth-order valence-corrected chi connectivity index (χ4v) is 4.81. The Morgan fingerprint density at radius 3 is 2.84 bits per heavy atom. The highest BCUT2D eigenvalue weighted by molar-refractivity contribution is 7.15. The first-order valence-corrected chi connectivity index (χ1v) is 11.5. The number of nitrogens with one attached hydrogen (secondary N) is 2. The Kier molecular flexibility index (Phi) is 5.49. The molecule has 0 saturated carbocycles. The average Bonchev–Trinajstić information content (AvgIpc) is 3.48. The molecule has 5 rings (SSSR count). The predicted molar refractivity (Wildman–Crippen MR) is 127 cm³/mol. The van der Waals surface area contributed by atoms with Crippen LogP contribution in [0.15, 0.2) is 66.3 Å². The highest BCUT2D eigenvalue weighted by atomic mass is 35.5. The third kappa shape index (κ3) is 4.22. The first kappa shape index (κ1) is 19.8. The van der Waals surface area contributed by atoms with E-state index in [9.17, 15) is 4.79 Å². The van der Waals surface area contributed by atoms with Crippen LogP contribution in [0.4, 0.5) is 0 Å². The van der Waals surface area contributed by atoms with Crippen LogP contribution < -0.4 is 5.32 Å². The molecule has 5 nitrogen and oxygen atoms in total. The second kappa shape index (κ2) is 8.57. The number of carbonyl (C=O) groups is 1. The molecule has 7 heteroatoms. The minimum absolute atomic E-state index is 0.0669. The number of benzene rings is 2. The Bertz CT molecular complexity index is 1350. The molecule has 0 spiro atoms. The summed E-state index contributed by atoms with van der Waals surface area (Å²) >= 11 is 7.57. The summed E-state index contributed by atoms with van der Waals surface area (Å²) in [5.41, 5.74) is 5.39. The lowest BCUT2D eigenvalue weighted by atomic mass is 10.1. The zero-order valence-electron chi connectivity index (χ0n) is 16.8. The molecule has 0 aliphatic carbocycles. The van der Waals surface area contributed by atoms with E-state index < -0.39 is 0 Å². The Morgan fingerprint density at radius 1 is 1.13 bits per heavy atom. The number of para-hydroxylation sites is 1. The summed E-state index contributed by atoms with van der Waals surface area (Å²) in [6.07, 6.45) is 5.99. The number of aryl methyl sites for hydroxylation is 1. The molecular weight excluding hydrogens is 428 g/mol. The summed E-state index contributed by atoms with van der Waals surface area (Å²) < 4.78 is 2.08. The lowest BCUT2D eigenvalue weighted by Crippen LogP contribution is -2.25. The van der Waals surface area contributed by atoms with Crippen molar-refractivity contribution in [3.8, 4) is 11.3 Å². The number of halogens is 1. The van der Waals surface area contributed by atoms with Crippen molar-refractivity contribution in [2.45, 2.75) is 19.3 Å². The van der Waals surface area contributed by atoms with Gasteiger partial charge in [-0.3, -0.25) is 9.20 Å². The molecule has 1 amide bonds. The van der Waals surface area contributed by atoms with Gasteiger partial charge in [0.25, 0.3) is 0 Å². The van der Waals surface area contributed by atoms with Gasteiger partial charge in [0.05, 0.1) is 5.69 Å². The highest BCUT2D eigenvalue weighted by Crippen LogP contribution is 2.25. The highest BCUT2D eigenvalue weighted by Gasteiger charge is 2.11. The number of hydrogen-bond donors (Lipinski definition) is 2. The molecule has 0 unspecified atom stereocenters. The van der Waals surface area contributed by atoms with Gasteiger partial charge in [-0.2, -0.15) is 0 Å². The van der Waals surface area contributed by atoms with Crippen LogP contribution in [0.1, 0.15) is 17.7 Å². The van der Waals surface area contributed by atoms with Crippen LogP contribution in [0.25, 0.3) is 27.1 Å². The summed E-state index contributed by atoms with van der Waals surface area (Å²) in [6, 6.07) is 15.9.